The van der Waals surface area contributed by atoms with Gasteiger partial charge in [-0.05, 0) is 30.2 Å². The van der Waals surface area contributed by atoms with Gasteiger partial charge in [0.2, 0.25) is 0 Å². The van der Waals surface area contributed by atoms with Crippen molar-refractivity contribution in [3.63, 3.8) is 0 Å². The zero-order chi connectivity index (χ0) is 20.0. The molecule has 0 aromatic heterocycles. The number of amides is 2. The van der Waals surface area contributed by atoms with Gasteiger partial charge < -0.3 is 15.8 Å². The number of urea groups is 1. The highest BCUT2D eigenvalue weighted by Gasteiger charge is 2.21. The van der Waals surface area contributed by atoms with Crippen molar-refractivity contribution in [3.8, 4) is 0 Å². The molecule has 0 fully saturated rings. The van der Waals surface area contributed by atoms with Crippen LogP contribution < -0.4 is 11.1 Å². The molecule has 0 saturated heterocycles. The van der Waals surface area contributed by atoms with Gasteiger partial charge in [0.15, 0.2) is 0 Å². The summed E-state index contributed by atoms with van der Waals surface area (Å²) in [6.07, 6.45) is -0.860. The van der Waals surface area contributed by atoms with Crippen LogP contribution >= 0.6 is 11.6 Å². The van der Waals surface area contributed by atoms with Crippen LogP contribution in [0.5, 0.6) is 0 Å². The van der Waals surface area contributed by atoms with Crippen LogP contribution in [0.1, 0.15) is 36.6 Å². The summed E-state index contributed by atoms with van der Waals surface area (Å²) in [7, 11) is 0. The lowest BCUT2D eigenvalue weighted by Crippen LogP contribution is -2.34. The Hall–Kier alpha value is -3.13. The van der Waals surface area contributed by atoms with Crippen LogP contribution in [-0.4, -0.2) is 16.9 Å². The average Bonchev–Trinajstić information content (AvgIpc) is 2.61. The minimum absolute atomic E-state index is 0.0927. The Kier molecular flexibility index (Phi) is 6.73. The SMILES string of the molecule is C[C@H](OC(=O)C[C@@H](NC(N)=O)c1ccc(Cl)cc1)c1cccc([N+](=O)[O-])c1. The van der Waals surface area contributed by atoms with Gasteiger partial charge >= 0.3 is 12.0 Å². The van der Waals surface area contributed by atoms with E-state index in [2.05, 4.69) is 5.32 Å². The molecule has 0 aliphatic rings. The molecule has 2 aromatic rings. The maximum absolute atomic E-state index is 12.3. The van der Waals surface area contributed by atoms with Crippen LogP contribution in [0.4, 0.5) is 10.5 Å². The van der Waals surface area contributed by atoms with Gasteiger partial charge in [0.25, 0.3) is 5.69 Å². The Labute approximate surface area is 160 Å². The molecule has 2 rings (SSSR count). The zero-order valence-electron chi connectivity index (χ0n) is 14.4. The first-order chi connectivity index (χ1) is 12.8. The third-order valence-corrected chi connectivity index (χ3v) is 4.07. The Morgan fingerprint density at radius 2 is 1.89 bits per heavy atom. The second-order valence-corrected chi connectivity index (χ2v) is 6.24. The van der Waals surface area contributed by atoms with Gasteiger partial charge in [-0.2, -0.15) is 0 Å². The molecular weight excluding hydrogens is 374 g/mol. The van der Waals surface area contributed by atoms with Crippen molar-refractivity contribution < 1.29 is 19.2 Å². The largest absolute Gasteiger partial charge is 0.458 e. The topological polar surface area (TPSA) is 125 Å². The summed E-state index contributed by atoms with van der Waals surface area (Å²) >= 11 is 5.85. The first-order valence-corrected chi connectivity index (χ1v) is 8.39. The molecule has 0 spiro atoms. The third kappa shape index (κ3) is 5.96. The molecule has 0 saturated carbocycles. The van der Waals surface area contributed by atoms with Crippen molar-refractivity contribution in [2.75, 3.05) is 0 Å². The molecule has 0 radical (unpaired) electrons. The van der Waals surface area contributed by atoms with E-state index in [9.17, 15) is 19.7 Å². The molecule has 0 aliphatic carbocycles. The van der Waals surface area contributed by atoms with Crippen molar-refractivity contribution in [1.29, 1.82) is 0 Å². The highest BCUT2D eigenvalue weighted by Crippen LogP contribution is 2.24. The van der Waals surface area contributed by atoms with Crippen LogP contribution in [0.2, 0.25) is 5.02 Å². The normalized spacial score (nSPS) is 12.7. The minimum Gasteiger partial charge on any atom is -0.458 e. The monoisotopic (exact) mass is 391 g/mol. The predicted octanol–water partition coefficient (Wildman–Crippen LogP) is 3.65. The molecule has 9 heteroatoms. The predicted molar refractivity (Wildman–Crippen MR) is 99.1 cm³/mol. The van der Waals surface area contributed by atoms with Gasteiger partial charge in [-0.3, -0.25) is 14.9 Å². The van der Waals surface area contributed by atoms with Gasteiger partial charge in [-0.25, -0.2) is 4.79 Å². The van der Waals surface area contributed by atoms with E-state index in [0.29, 0.717) is 16.1 Å². The Balaban J connectivity index is 2.08. The second kappa shape index (κ2) is 9.00. The number of carbonyl (C=O) groups excluding carboxylic acids is 2. The number of nitro groups is 1. The molecule has 0 bridgehead atoms. The number of nitrogens with one attached hydrogen (secondary N) is 1. The van der Waals surface area contributed by atoms with Gasteiger partial charge in [-0.15, -0.1) is 0 Å². The van der Waals surface area contributed by atoms with E-state index in [4.69, 9.17) is 22.1 Å². The fraction of sp³-hybridized carbons (Fsp3) is 0.222. The number of nitrogens with zero attached hydrogens (tertiary/aromatic N) is 1. The maximum atomic E-state index is 12.3. The van der Waals surface area contributed by atoms with E-state index in [1.165, 1.54) is 18.2 Å². The molecule has 2 atom stereocenters. The van der Waals surface area contributed by atoms with E-state index >= 15 is 0 Å². The molecular formula is C18H18ClN3O5. The fourth-order valence-corrected chi connectivity index (χ4v) is 2.62. The number of esters is 1. The van der Waals surface area contributed by atoms with E-state index in [1.807, 2.05) is 0 Å². The molecule has 27 heavy (non-hydrogen) atoms. The van der Waals surface area contributed by atoms with E-state index in [0.717, 1.165) is 0 Å². The van der Waals surface area contributed by atoms with Gasteiger partial charge in [0, 0.05) is 17.2 Å². The average molecular weight is 392 g/mol. The molecule has 142 valence electrons. The number of hydrogen-bond acceptors (Lipinski definition) is 5. The number of carbonyl (C=O) groups is 2. The summed E-state index contributed by atoms with van der Waals surface area (Å²) in [6, 6.07) is 11.0. The number of rotatable bonds is 7. The second-order valence-electron chi connectivity index (χ2n) is 5.80. The first-order valence-electron chi connectivity index (χ1n) is 8.01. The molecule has 0 unspecified atom stereocenters. The Morgan fingerprint density at radius 1 is 1.22 bits per heavy atom. The van der Waals surface area contributed by atoms with Gasteiger partial charge in [-0.1, -0.05) is 35.9 Å². The Morgan fingerprint density at radius 3 is 2.48 bits per heavy atom. The van der Waals surface area contributed by atoms with Crippen molar-refractivity contribution in [3.05, 3.63) is 74.8 Å². The van der Waals surface area contributed by atoms with Crippen LogP contribution in [0, 0.1) is 10.1 Å². The molecule has 0 aliphatic heterocycles. The zero-order valence-corrected chi connectivity index (χ0v) is 15.2. The summed E-state index contributed by atoms with van der Waals surface area (Å²) in [5.41, 5.74) is 6.22. The molecule has 3 N–H and O–H groups in total. The number of hydrogen-bond donors (Lipinski definition) is 2. The number of halogens is 1. The molecule has 0 heterocycles. The van der Waals surface area contributed by atoms with Crippen molar-refractivity contribution in [1.82, 2.24) is 5.32 Å². The standard InChI is InChI=1S/C18H18ClN3O5/c1-11(13-3-2-4-15(9-13)22(25)26)27-17(23)10-16(21-18(20)24)12-5-7-14(19)8-6-12/h2-9,11,16H,10H2,1H3,(H3,20,21,24)/t11-,16+/m0/s1. The fourth-order valence-electron chi connectivity index (χ4n) is 2.49. The van der Waals surface area contributed by atoms with Crippen LogP contribution in [-0.2, 0) is 9.53 Å². The lowest BCUT2D eigenvalue weighted by molar-refractivity contribution is -0.385. The smallest absolute Gasteiger partial charge is 0.312 e. The van der Waals surface area contributed by atoms with E-state index < -0.39 is 29.1 Å². The van der Waals surface area contributed by atoms with Crippen LogP contribution in [0.3, 0.4) is 0 Å². The first kappa shape index (κ1) is 20.2. The third-order valence-electron chi connectivity index (χ3n) is 3.82. The lowest BCUT2D eigenvalue weighted by atomic mass is 10.0. The quantitative estimate of drug-likeness (QED) is 0.423. The summed E-state index contributed by atoms with van der Waals surface area (Å²) in [5.74, 6) is -0.595. The number of benzene rings is 2. The summed E-state index contributed by atoms with van der Waals surface area (Å²) in [5, 5.41) is 13.9. The summed E-state index contributed by atoms with van der Waals surface area (Å²) in [6.45, 7) is 1.61. The van der Waals surface area contributed by atoms with Crippen molar-refractivity contribution >= 4 is 29.3 Å². The summed E-state index contributed by atoms with van der Waals surface area (Å²) < 4.78 is 5.35. The van der Waals surface area contributed by atoms with Crippen LogP contribution in [0.15, 0.2) is 48.5 Å². The highest BCUT2D eigenvalue weighted by atomic mass is 35.5. The van der Waals surface area contributed by atoms with Crippen molar-refractivity contribution in [2.45, 2.75) is 25.5 Å². The molecule has 2 aromatic carbocycles. The molecule has 8 nitrogen and oxygen atoms in total. The number of nitro benzene ring substituents is 1. The Bertz CT molecular complexity index is 841. The molecule has 2 amide bonds. The lowest BCUT2D eigenvalue weighted by Gasteiger charge is -2.19. The highest BCUT2D eigenvalue weighted by molar-refractivity contribution is 6.30. The minimum atomic E-state index is -0.783. The van der Waals surface area contributed by atoms with E-state index in [1.54, 1.807) is 37.3 Å². The van der Waals surface area contributed by atoms with Gasteiger partial charge in [0.1, 0.15) is 6.10 Å². The van der Waals surface area contributed by atoms with E-state index in [-0.39, 0.29) is 12.1 Å². The number of nitrogens with two attached hydrogens (primary N) is 1. The van der Waals surface area contributed by atoms with Gasteiger partial charge in [0.05, 0.1) is 17.4 Å². The summed E-state index contributed by atoms with van der Waals surface area (Å²) in [4.78, 5) is 33.9. The maximum Gasteiger partial charge on any atom is 0.312 e. The number of non-ortho nitro benzene ring substituents is 1. The van der Waals surface area contributed by atoms with Crippen LogP contribution in [0.25, 0.3) is 0 Å². The number of primary amides is 1. The van der Waals surface area contributed by atoms with Crippen molar-refractivity contribution in [2.24, 2.45) is 5.73 Å². The number of ether oxygens (including phenoxy) is 1.